The second kappa shape index (κ2) is 5.34. The fourth-order valence-corrected chi connectivity index (χ4v) is 2.23. The van der Waals surface area contributed by atoms with E-state index < -0.39 is 18.9 Å². The van der Waals surface area contributed by atoms with Crippen molar-refractivity contribution in [2.24, 2.45) is 5.92 Å². The first kappa shape index (κ1) is 13.5. The van der Waals surface area contributed by atoms with E-state index in [2.05, 4.69) is 15.0 Å². The highest BCUT2D eigenvalue weighted by Crippen LogP contribution is 2.31. The third-order valence-corrected chi connectivity index (χ3v) is 3.28. The number of hydrogen-bond donors (Lipinski definition) is 1. The molecule has 1 aliphatic carbocycles. The highest BCUT2D eigenvalue weighted by molar-refractivity contribution is 5.67. The van der Waals surface area contributed by atoms with Crippen LogP contribution in [0, 0.1) is 5.92 Å². The Labute approximate surface area is 103 Å². The molecule has 0 aromatic heterocycles. The van der Waals surface area contributed by atoms with Gasteiger partial charge in [-0.15, -0.1) is 0 Å². The molecule has 1 amide bonds. The molecule has 4 nitrogen and oxygen atoms in total. The minimum atomic E-state index is -4.46. The van der Waals surface area contributed by atoms with Gasteiger partial charge in [0.2, 0.25) is 0 Å². The Hall–Kier alpha value is -0.980. The maximum atomic E-state index is 11.8. The van der Waals surface area contributed by atoms with Crippen molar-refractivity contribution < 1.29 is 22.7 Å². The van der Waals surface area contributed by atoms with Gasteiger partial charge in [-0.3, -0.25) is 0 Å². The Morgan fingerprint density at radius 2 is 2.06 bits per heavy atom. The molecular weight excluding hydrogens is 249 g/mol. The van der Waals surface area contributed by atoms with E-state index in [1.54, 1.807) is 0 Å². The molecule has 0 aromatic rings. The third kappa shape index (κ3) is 4.36. The van der Waals surface area contributed by atoms with Crippen LogP contribution in [0.1, 0.15) is 19.3 Å². The van der Waals surface area contributed by atoms with Crippen LogP contribution in [-0.4, -0.2) is 49.5 Å². The van der Waals surface area contributed by atoms with Crippen molar-refractivity contribution in [2.45, 2.75) is 31.5 Å². The Balaban J connectivity index is 1.58. The summed E-state index contributed by atoms with van der Waals surface area (Å²) in [5.41, 5.74) is 0. The molecule has 1 N–H and O–H groups in total. The maximum absolute atomic E-state index is 11.8. The van der Waals surface area contributed by atoms with Gasteiger partial charge in [0.25, 0.3) is 0 Å². The van der Waals surface area contributed by atoms with Crippen molar-refractivity contribution >= 4 is 6.09 Å². The fourth-order valence-electron chi connectivity index (χ4n) is 2.23. The number of nitrogens with zero attached hydrogens (tertiary/aromatic N) is 1. The zero-order valence-electron chi connectivity index (χ0n) is 10.0. The molecule has 2 fully saturated rings. The largest absolute Gasteiger partial charge is 0.440 e. The number of carbonyl (C=O) groups excluding carboxylic acids is 1. The molecule has 0 spiro atoms. The average molecular weight is 266 g/mol. The quantitative estimate of drug-likeness (QED) is 0.843. The first-order valence-electron chi connectivity index (χ1n) is 6.15. The molecule has 0 bridgehead atoms. The van der Waals surface area contributed by atoms with Crippen LogP contribution in [-0.2, 0) is 4.74 Å². The molecule has 1 saturated carbocycles. The summed E-state index contributed by atoms with van der Waals surface area (Å²) in [4.78, 5) is 13.4. The van der Waals surface area contributed by atoms with Crippen molar-refractivity contribution in [1.82, 2.24) is 10.2 Å². The van der Waals surface area contributed by atoms with Crippen molar-refractivity contribution in [2.75, 3.05) is 26.2 Å². The molecule has 1 atom stereocenters. The number of likely N-dealkylation sites (tertiary alicyclic amines) is 1. The predicted molar refractivity (Wildman–Crippen MR) is 58.1 cm³/mol. The Morgan fingerprint density at radius 3 is 2.67 bits per heavy atom. The molecule has 1 unspecified atom stereocenters. The molecule has 0 radical (unpaired) electrons. The summed E-state index contributed by atoms with van der Waals surface area (Å²) in [6.45, 7) is 0.802. The monoisotopic (exact) mass is 266 g/mol. The first-order valence-corrected chi connectivity index (χ1v) is 6.15. The smallest absolute Gasteiger partial charge is 0.422 e. The van der Waals surface area contributed by atoms with Crippen LogP contribution in [0.15, 0.2) is 0 Å². The van der Waals surface area contributed by atoms with Gasteiger partial charge in [-0.25, -0.2) is 4.79 Å². The number of nitrogens with one attached hydrogen (secondary N) is 1. The van der Waals surface area contributed by atoms with Crippen molar-refractivity contribution in [3.8, 4) is 0 Å². The van der Waals surface area contributed by atoms with Crippen LogP contribution < -0.4 is 5.32 Å². The summed E-state index contributed by atoms with van der Waals surface area (Å²) in [5, 5.41) is 2.39. The van der Waals surface area contributed by atoms with E-state index in [0.29, 0.717) is 18.5 Å². The molecule has 104 valence electrons. The van der Waals surface area contributed by atoms with E-state index in [-0.39, 0.29) is 0 Å². The Kier molecular flexibility index (Phi) is 3.99. The number of alkyl halides is 3. The zero-order valence-corrected chi connectivity index (χ0v) is 10.0. The van der Waals surface area contributed by atoms with Crippen LogP contribution in [0.4, 0.5) is 18.0 Å². The van der Waals surface area contributed by atoms with Gasteiger partial charge in [0.05, 0.1) is 0 Å². The van der Waals surface area contributed by atoms with Gasteiger partial charge in [0.15, 0.2) is 6.61 Å². The molecule has 2 rings (SSSR count). The lowest BCUT2D eigenvalue weighted by atomic mass is 10.1. The fraction of sp³-hybridized carbons (Fsp3) is 0.909. The number of halogens is 3. The lowest BCUT2D eigenvalue weighted by Crippen LogP contribution is -2.33. The molecule has 7 heteroatoms. The van der Waals surface area contributed by atoms with E-state index in [0.717, 1.165) is 19.5 Å². The van der Waals surface area contributed by atoms with Crippen molar-refractivity contribution in [3.05, 3.63) is 0 Å². The summed E-state index contributed by atoms with van der Waals surface area (Å²) in [5.74, 6) is 0.323. The SMILES string of the molecule is O=C(NCC1CCN(C2CC2)C1)OCC(F)(F)F. The van der Waals surface area contributed by atoms with Gasteiger partial charge in [0.1, 0.15) is 0 Å². The number of amides is 1. The van der Waals surface area contributed by atoms with Gasteiger partial charge in [-0.2, -0.15) is 13.2 Å². The second-order valence-corrected chi connectivity index (χ2v) is 4.95. The number of carbonyl (C=O) groups is 1. The van der Waals surface area contributed by atoms with Gasteiger partial charge in [-0.05, 0) is 31.7 Å². The van der Waals surface area contributed by atoms with Crippen LogP contribution >= 0.6 is 0 Å². The summed E-state index contributed by atoms with van der Waals surface area (Å²) >= 11 is 0. The maximum Gasteiger partial charge on any atom is 0.422 e. The van der Waals surface area contributed by atoms with E-state index >= 15 is 0 Å². The molecule has 1 aliphatic heterocycles. The molecule has 1 heterocycles. The molecule has 18 heavy (non-hydrogen) atoms. The number of rotatable bonds is 4. The van der Waals surface area contributed by atoms with Crippen LogP contribution in [0.5, 0.6) is 0 Å². The Morgan fingerprint density at radius 1 is 1.33 bits per heavy atom. The third-order valence-electron chi connectivity index (χ3n) is 3.28. The Bertz CT molecular complexity index is 305. The van der Waals surface area contributed by atoms with E-state index in [4.69, 9.17) is 0 Å². The minimum absolute atomic E-state index is 0.323. The van der Waals surface area contributed by atoms with E-state index in [9.17, 15) is 18.0 Å². The van der Waals surface area contributed by atoms with Crippen LogP contribution in [0.2, 0.25) is 0 Å². The second-order valence-electron chi connectivity index (χ2n) is 4.95. The topological polar surface area (TPSA) is 41.6 Å². The highest BCUT2D eigenvalue weighted by Gasteiger charge is 2.34. The number of alkyl carbamates (subject to hydrolysis) is 1. The number of ether oxygens (including phenoxy) is 1. The lowest BCUT2D eigenvalue weighted by molar-refractivity contribution is -0.160. The normalized spacial score (nSPS) is 25.2. The van der Waals surface area contributed by atoms with E-state index in [1.807, 2.05) is 0 Å². The summed E-state index contributed by atoms with van der Waals surface area (Å²) in [6.07, 6.45) is -1.98. The highest BCUT2D eigenvalue weighted by atomic mass is 19.4. The standard InChI is InChI=1S/C11H17F3N2O2/c12-11(13,14)7-18-10(17)15-5-8-3-4-16(6-8)9-1-2-9/h8-9H,1-7H2,(H,15,17). The van der Waals surface area contributed by atoms with Crippen molar-refractivity contribution in [1.29, 1.82) is 0 Å². The van der Waals surface area contributed by atoms with Gasteiger partial charge in [0, 0.05) is 19.1 Å². The van der Waals surface area contributed by atoms with E-state index in [1.165, 1.54) is 12.8 Å². The molecule has 0 aromatic carbocycles. The summed E-state index contributed by atoms with van der Waals surface area (Å²) in [6, 6.07) is 0.701. The first-order chi connectivity index (χ1) is 8.44. The van der Waals surface area contributed by atoms with Gasteiger partial charge in [-0.1, -0.05) is 0 Å². The number of hydrogen-bond acceptors (Lipinski definition) is 3. The van der Waals surface area contributed by atoms with Gasteiger partial charge >= 0.3 is 12.3 Å². The van der Waals surface area contributed by atoms with Gasteiger partial charge < -0.3 is 15.0 Å². The van der Waals surface area contributed by atoms with Crippen molar-refractivity contribution in [3.63, 3.8) is 0 Å². The molecule has 1 saturated heterocycles. The van der Waals surface area contributed by atoms with Crippen LogP contribution in [0.3, 0.4) is 0 Å². The molecule has 2 aliphatic rings. The summed E-state index contributed by atoms with van der Waals surface area (Å²) < 4.78 is 39.4. The predicted octanol–water partition coefficient (Wildman–Crippen LogP) is 1.76. The molecular formula is C11H17F3N2O2. The van der Waals surface area contributed by atoms with Crippen LogP contribution in [0.25, 0.3) is 0 Å². The summed E-state index contributed by atoms with van der Waals surface area (Å²) in [7, 11) is 0. The lowest BCUT2D eigenvalue weighted by Gasteiger charge is -2.15. The minimum Gasteiger partial charge on any atom is -0.440 e. The average Bonchev–Trinajstić information content (AvgIpc) is 3.03. The zero-order chi connectivity index (χ0) is 13.2.